The van der Waals surface area contributed by atoms with Crippen LogP contribution in [0.5, 0.6) is 0 Å². The summed E-state index contributed by atoms with van der Waals surface area (Å²) in [6.45, 7) is 6.23. The minimum atomic E-state index is -0.139. The summed E-state index contributed by atoms with van der Waals surface area (Å²) in [5.41, 5.74) is 4.79. The first-order valence-electron chi connectivity index (χ1n) is 7.74. The number of benzene rings is 2. The Morgan fingerprint density at radius 2 is 1.67 bits per heavy atom. The molecule has 0 aliphatic heterocycles. The molecule has 24 heavy (non-hydrogen) atoms. The first kappa shape index (κ1) is 15.9. The van der Waals surface area contributed by atoms with Crippen molar-refractivity contribution in [3.05, 3.63) is 70.5 Å². The van der Waals surface area contributed by atoms with E-state index in [9.17, 15) is 4.79 Å². The molecule has 6 heteroatoms. The van der Waals surface area contributed by atoms with E-state index in [4.69, 9.17) is 0 Å². The maximum atomic E-state index is 12.3. The molecule has 0 aliphatic rings. The van der Waals surface area contributed by atoms with Gasteiger partial charge in [0.25, 0.3) is 5.91 Å². The maximum Gasteiger partial charge on any atom is 0.251 e. The molecular formula is C18H19N5O. The zero-order valence-corrected chi connectivity index (χ0v) is 13.9. The van der Waals surface area contributed by atoms with E-state index < -0.39 is 0 Å². The summed E-state index contributed by atoms with van der Waals surface area (Å²) in [7, 11) is 0. The van der Waals surface area contributed by atoms with Gasteiger partial charge < -0.3 is 5.32 Å². The lowest BCUT2D eigenvalue weighted by Gasteiger charge is -2.08. The van der Waals surface area contributed by atoms with Crippen LogP contribution in [0.25, 0.3) is 5.69 Å². The molecule has 0 aliphatic carbocycles. The molecule has 3 aromatic rings. The second-order valence-corrected chi connectivity index (χ2v) is 5.90. The highest BCUT2D eigenvalue weighted by atomic mass is 16.1. The van der Waals surface area contributed by atoms with E-state index in [2.05, 4.69) is 20.8 Å². The molecule has 2 aromatic carbocycles. The SMILES string of the molecule is Cc1ccc(-n2nnnc2CNC(=O)c2cc(C)cc(C)c2)cc1. The molecule has 3 rings (SSSR count). The monoisotopic (exact) mass is 321 g/mol. The van der Waals surface area contributed by atoms with Gasteiger partial charge in [0.05, 0.1) is 12.2 Å². The van der Waals surface area contributed by atoms with Gasteiger partial charge in [-0.2, -0.15) is 4.68 Å². The number of hydrogen-bond donors (Lipinski definition) is 1. The van der Waals surface area contributed by atoms with Crippen LogP contribution in [-0.2, 0) is 6.54 Å². The summed E-state index contributed by atoms with van der Waals surface area (Å²) >= 11 is 0. The van der Waals surface area contributed by atoms with Gasteiger partial charge in [0, 0.05) is 5.56 Å². The predicted octanol–water partition coefficient (Wildman–Crippen LogP) is 2.52. The molecule has 0 spiro atoms. The highest BCUT2D eigenvalue weighted by Crippen LogP contribution is 2.11. The summed E-state index contributed by atoms with van der Waals surface area (Å²) in [6, 6.07) is 13.6. The van der Waals surface area contributed by atoms with Crippen LogP contribution in [0.4, 0.5) is 0 Å². The number of carbonyl (C=O) groups is 1. The summed E-state index contributed by atoms with van der Waals surface area (Å²) in [5, 5.41) is 14.6. The van der Waals surface area contributed by atoms with Crippen molar-refractivity contribution < 1.29 is 4.79 Å². The molecule has 122 valence electrons. The van der Waals surface area contributed by atoms with Gasteiger partial charge >= 0.3 is 0 Å². The summed E-state index contributed by atoms with van der Waals surface area (Å²) in [4.78, 5) is 12.3. The Balaban J connectivity index is 1.74. The van der Waals surface area contributed by atoms with Crippen molar-refractivity contribution in [2.75, 3.05) is 0 Å². The number of amides is 1. The zero-order valence-electron chi connectivity index (χ0n) is 13.9. The van der Waals surface area contributed by atoms with Crippen LogP contribution in [0.15, 0.2) is 42.5 Å². The van der Waals surface area contributed by atoms with Gasteiger partial charge in [-0.1, -0.05) is 34.9 Å². The van der Waals surface area contributed by atoms with Gasteiger partial charge in [-0.05, 0) is 55.5 Å². The Morgan fingerprint density at radius 3 is 2.33 bits per heavy atom. The van der Waals surface area contributed by atoms with Crippen LogP contribution in [-0.4, -0.2) is 26.1 Å². The van der Waals surface area contributed by atoms with Crippen LogP contribution >= 0.6 is 0 Å². The number of nitrogens with one attached hydrogen (secondary N) is 1. The summed E-state index contributed by atoms with van der Waals surface area (Å²) in [5.74, 6) is 0.442. The fraction of sp³-hybridized carbons (Fsp3) is 0.222. The number of tetrazole rings is 1. The molecular weight excluding hydrogens is 302 g/mol. The minimum absolute atomic E-state index is 0.139. The van der Waals surface area contributed by atoms with Gasteiger partial charge in [-0.15, -0.1) is 5.10 Å². The molecule has 0 bridgehead atoms. The molecule has 0 saturated heterocycles. The number of nitrogens with zero attached hydrogens (tertiary/aromatic N) is 4. The van der Waals surface area contributed by atoms with Gasteiger partial charge in [-0.25, -0.2) is 0 Å². The van der Waals surface area contributed by atoms with Crippen LogP contribution in [0, 0.1) is 20.8 Å². The highest BCUT2D eigenvalue weighted by molar-refractivity contribution is 5.94. The normalized spacial score (nSPS) is 10.6. The molecule has 1 aromatic heterocycles. The number of carbonyl (C=O) groups excluding carboxylic acids is 1. The number of rotatable bonds is 4. The number of aromatic nitrogens is 4. The molecule has 0 saturated carbocycles. The van der Waals surface area contributed by atoms with E-state index in [0.717, 1.165) is 22.4 Å². The van der Waals surface area contributed by atoms with Gasteiger partial charge in [0.2, 0.25) is 0 Å². The molecule has 0 unspecified atom stereocenters. The van der Waals surface area contributed by atoms with Crippen molar-refractivity contribution in [3.63, 3.8) is 0 Å². The first-order valence-corrected chi connectivity index (χ1v) is 7.74. The Kier molecular flexibility index (Phi) is 4.37. The second-order valence-electron chi connectivity index (χ2n) is 5.90. The fourth-order valence-corrected chi connectivity index (χ4v) is 2.57. The van der Waals surface area contributed by atoms with Crippen molar-refractivity contribution in [1.29, 1.82) is 0 Å². The van der Waals surface area contributed by atoms with Gasteiger partial charge in [0.1, 0.15) is 0 Å². The molecule has 1 N–H and O–H groups in total. The minimum Gasteiger partial charge on any atom is -0.345 e. The van der Waals surface area contributed by atoms with Crippen molar-refractivity contribution in [2.45, 2.75) is 27.3 Å². The maximum absolute atomic E-state index is 12.3. The van der Waals surface area contributed by atoms with Crippen molar-refractivity contribution >= 4 is 5.91 Å². The van der Waals surface area contributed by atoms with Crippen molar-refractivity contribution in [1.82, 2.24) is 25.5 Å². The fourth-order valence-electron chi connectivity index (χ4n) is 2.57. The average molecular weight is 321 g/mol. The van der Waals surface area contributed by atoms with Gasteiger partial charge in [-0.3, -0.25) is 4.79 Å². The highest BCUT2D eigenvalue weighted by Gasteiger charge is 2.11. The topological polar surface area (TPSA) is 72.7 Å². The van der Waals surface area contributed by atoms with Gasteiger partial charge in [0.15, 0.2) is 5.82 Å². The standard InChI is InChI=1S/C18H19N5O/c1-12-4-6-16(7-5-12)23-17(20-21-22-23)11-19-18(24)15-9-13(2)8-14(3)10-15/h4-10H,11H2,1-3H3,(H,19,24). The molecule has 6 nitrogen and oxygen atoms in total. The van der Waals surface area contributed by atoms with Crippen LogP contribution in [0.2, 0.25) is 0 Å². The third-order valence-corrected chi connectivity index (χ3v) is 3.70. The third-order valence-electron chi connectivity index (χ3n) is 3.70. The largest absolute Gasteiger partial charge is 0.345 e. The Bertz CT molecular complexity index is 847. The number of aryl methyl sites for hydroxylation is 3. The Hall–Kier alpha value is -3.02. The third kappa shape index (κ3) is 3.48. The molecule has 1 heterocycles. The van der Waals surface area contributed by atoms with E-state index in [1.165, 1.54) is 0 Å². The Labute approximate surface area is 140 Å². The second kappa shape index (κ2) is 6.62. The quantitative estimate of drug-likeness (QED) is 0.801. The summed E-state index contributed by atoms with van der Waals surface area (Å²) in [6.07, 6.45) is 0. The van der Waals surface area contributed by atoms with Crippen molar-refractivity contribution in [3.8, 4) is 5.69 Å². The lowest BCUT2D eigenvalue weighted by molar-refractivity contribution is 0.0949. The molecule has 0 fully saturated rings. The predicted molar refractivity (Wildman–Crippen MR) is 91.0 cm³/mol. The van der Waals surface area contributed by atoms with E-state index in [-0.39, 0.29) is 12.5 Å². The molecule has 0 atom stereocenters. The van der Waals surface area contributed by atoms with E-state index in [1.54, 1.807) is 4.68 Å². The van der Waals surface area contributed by atoms with E-state index in [1.807, 2.05) is 63.2 Å². The number of hydrogen-bond acceptors (Lipinski definition) is 4. The molecule has 0 radical (unpaired) electrons. The lowest BCUT2D eigenvalue weighted by atomic mass is 10.1. The Morgan fingerprint density at radius 1 is 1.00 bits per heavy atom. The van der Waals surface area contributed by atoms with Crippen LogP contribution in [0.1, 0.15) is 32.9 Å². The van der Waals surface area contributed by atoms with E-state index in [0.29, 0.717) is 11.4 Å². The zero-order chi connectivity index (χ0) is 17.1. The van der Waals surface area contributed by atoms with Crippen LogP contribution in [0.3, 0.4) is 0 Å². The van der Waals surface area contributed by atoms with Crippen LogP contribution < -0.4 is 5.32 Å². The van der Waals surface area contributed by atoms with E-state index >= 15 is 0 Å². The average Bonchev–Trinajstić information content (AvgIpc) is 3.01. The molecule has 1 amide bonds. The lowest BCUT2D eigenvalue weighted by Crippen LogP contribution is -2.25. The smallest absolute Gasteiger partial charge is 0.251 e. The van der Waals surface area contributed by atoms with Crippen molar-refractivity contribution in [2.24, 2.45) is 0 Å². The summed E-state index contributed by atoms with van der Waals surface area (Å²) < 4.78 is 1.63. The first-order chi connectivity index (χ1) is 11.5.